The summed E-state index contributed by atoms with van der Waals surface area (Å²) in [6.45, 7) is 3.25. The number of likely N-dealkylation sites (N-methyl/N-ethyl adjacent to an activating group) is 1. The number of rotatable bonds is 6. The van der Waals surface area contributed by atoms with E-state index in [0.717, 1.165) is 0 Å². The highest BCUT2D eigenvalue weighted by Crippen LogP contribution is 2.32. The van der Waals surface area contributed by atoms with Crippen LogP contribution in [-0.4, -0.2) is 103 Å². The summed E-state index contributed by atoms with van der Waals surface area (Å²) < 4.78 is 38.7. The fourth-order valence-electron chi connectivity index (χ4n) is 4.82. The van der Waals surface area contributed by atoms with Crippen LogP contribution in [0.1, 0.15) is 33.1 Å². The minimum absolute atomic E-state index is 0.109. The molecule has 0 spiro atoms. The van der Waals surface area contributed by atoms with Gasteiger partial charge >= 0.3 is 0 Å². The molecule has 3 fully saturated rings. The van der Waals surface area contributed by atoms with Gasteiger partial charge in [0.15, 0.2) is 18.8 Å². The summed E-state index contributed by atoms with van der Waals surface area (Å²) in [5, 5.41) is 23.9. The first-order valence-electron chi connectivity index (χ1n) is 11.3. The molecule has 3 aliphatic rings. The maximum Gasteiger partial charge on any atom is 0.185 e. The molecular weight excluding hydrogens is 425 g/mol. The molecule has 0 aromatic heterocycles. The van der Waals surface area contributed by atoms with Gasteiger partial charge in [-0.25, -0.2) is 4.39 Å². The van der Waals surface area contributed by atoms with Crippen LogP contribution in [0.2, 0.25) is 0 Å². The molecule has 3 rings (SSSR count). The number of hydrogen-bond donors (Lipinski definition) is 7. The molecule has 2 saturated heterocycles. The lowest BCUT2D eigenvalue weighted by Gasteiger charge is -2.48. The van der Waals surface area contributed by atoms with E-state index in [1.807, 2.05) is 6.92 Å². The predicted octanol–water partition coefficient (Wildman–Crippen LogP) is -2.61. The first kappa shape index (κ1) is 26.1. The van der Waals surface area contributed by atoms with Crippen molar-refractivity contribution in [2.75, 3.05) is 13.7 Å². The molecule has 0 aromatic carbocycles. The second kappa shape index (κ2) is 10.4. The van der Waals surface area contributed by atoms with Gasteiger partial charge in [0.1, 0.15) is 23.9 Å². The van der Waals surface area contributed by atoms with E-state index in [4.69, 9.17) is 41.9 Å². The van der Waals surface area contributed by atoms with Gasteiger partial charge in [-0.2, -0.15) is 0 Å². The third-order valence-electron chi connectivity index (χ3n) is 6.77. The van der Waals surface area contributed by atoms with Gasteiger partial charge in [0, 0.05) is 18.1 Å². The molecule has 11 N–H and O–H groups in total. The van der Waals surface area contributed by atoms with Gasteiger partial charge in [0.2, 0.25) is 0 Å². The topological polar surface area (TPSA) is 193 Å². The molecule has 0 aromatic rings. The van der Waals surface area contributed by atoms with Crippen LogP contribution in [0.4, 0.5) is 4.39 Å². The number of alkyl halides is 1. The number of halogens is 1. The van der Waals surface area contributed by atoms with Crippen molar-refractivity contribution >= 4 is 0 Å². The molecule has 13 unspecified atom stereocenters. The number of nitrogens with two attached hydrogens (primary N) is 4. The molecular formula is C20H40FN5O6. The molecule has 1 aliphatic carbocycles. The smallest absolute Gasteiger partial charge is 0.185 e. The van der Waals surface area contributed by atoms with E-state index in [9.17, 15) is 10.2 Å². The number of aliphatic hydroxyl groups excluding tert-OH is 1. The van der Waals surface area contributed by atoms with Crippen LogP contribution in [0.5, 0.6) is 0 Å². The van der Waals surface area contributed by atoms with Gasteiger partial charge in [-0.15, -0.1) is 0 Å². The van der Waals surface area contributed by atoms with Crippen molar-refractivity contribution < 1.29 is 33.6 Å². The first-order valence-corrected chi connectivity index (χ1v) is 11.3. The molecule has 12 heteroatoms. The van der Waals surface area contributed by atoms with E-state index in [0.29, 0.717) is 12.8 Å². The second-order valence-electron chi connectivity index (χ2n) is 9.65. The lowest BCUT2D eigenvalue weighted by atomic mass is 9.84. The molecule has 2 heterocycles. The molecule has 0 bridgehead atoms. The Morgan fingerprint density at radius 1 is 1.09 bits per heavy atom. The normalized spacial score (nSPS) is 51.4. The van der Waals surface area contributed by atoms with Crippen molar-refractivity contribution in [1.29, 1.82) is 0 Å². The lowest BCUT2D eigenvalue weighted by Crippen LogP contribution is -2.68. The quantitative estimate of drug-likeness (QED) is 0.217. The summed E-state index contributed by atoms with van der Waals surface area (Å²) in [4.78, 5) is 0. The molecule has 0 radical (unpaired) electrons. The van der Waals surface area contributed by atoms with Crippen molar-refractivity contribution in [3.63, 3.8) is 0 Å². The second-order valence-corrected chi connectivity index (χ2v) is 9.65. The Labute approximate surface area is 188 Å². The monoisotopic (exact) mass is 465 g/mol. The van der Waals surface area contributed by atoms with Gasteiger partial charge < -0.3 is 57.4 Å². The average Bonchev–Trinajstić information content (AvgIpc) is 2.71. The zero-order valence-electron chi connectivity index (χ0n) is 19.0. The average molecular weight is 466 g/mol. The first-order chi connectivity index (χ1) is 15.0. The van der Waals surface area contributed by atoms with Crippen LogP contribution < -0.4 is 28.3 Å². The highest BCUT2D eigenvalue weighted by molar-refractivity contribution is 5.02. The number of ether oxygens (including phenoxy) is 4. The SMILES string of the molecule is CNC1C(O)C(OC2C(N)CC(N)C(OC3OC(C(C)N)CCC3N)C2F)OCC1(C)O. The van der Waals surface area contributed by atoms with Crippen molar-refractivity contribution in [2.45, 2.75) is 112 Å². The summed E-state index contributed by atoms with van der Waals surface area (Å²) in [5.41, 5.74) is 23.1. The molecule has 13 atom stereocenters. The Hall–Kier alpha value is -0.510. The zero-order valence-corrected chi connectivity index (χ0v) is 19.0. The van der Waals surface area contributed by atoms with Crippen LogP contribution in [0.25, 0.3) is 0 Å². The Morgan fingerprint density at radius 2 is 1.69 bits per heavy atom. The zero-order chi connectivity index (χ0) is 23.8. The maximum absolute atomic E-state index is 15.6. The Morgan fingerprint density at radius 3 is 2.25 bits per heavy atom. The molecule has 0 amide bonds. The lowest BCUT2D eigenvalue weighted by molar-refractivity contribution is -0.301. The molecule has 1 saturated carbocycles. The maximum atomic E-state index is 15.6. The van der Waals surface area contributed by atoms with Crippen molar-refractivity contribution in [2.24, 2.45) is 22.9 Å². The summed E-state index contributed by atoms with van der Waals surface area (Å²) in [7, 11) is 1.60. The minimum atomic E-state index is -1.72. The highest BCUT2D eigenvalue weighted by Gasteiger charge is 2.51. The van der Waals surface area contributed by atoms with Crippen LogP contribution in [0.3, 0.4) is 0 Å². The summed E-state index contributed by atoms with van der Waals surface area (Å²) in [6.07, 6.45) is -5.94. The van der Waals surface area contributed by atoms with Gasteiger partial charge in [-0.05, 0) is 40.2 Å². The van der Waals surface area contributed by atoms with E-state index >= 15 is 4.39 Å². The van der Waals surface area contributed by atoms with E-state index in [1.165, 1.54) is 6.92 Å². The van der Waals surface area contributed by atoms with E-state index in [-0.39, 0.29) is 25.2 Å². The van der Waals surface area contributed by atoms with Crippen molar-refractivity contribution in [3.05, 3.63) is 0 Å². The standard InChI is InChI=1S/C20H40FN5O6/c1-8(22)12-5-4-9(23)18(30-12)31-15-10(24)6-11(25)16(13(15)21)32-19-14(27)17(26-3)20(2,28)7-29-19/h8-19,26-28H,4-7,22-25H2,1-3H3. The van der Waals surface area contributed by atoms with Crippen LogP contribution in [0.15, 0.2) is 0 Å². The number of hydrogen-bond acceptors (Lipinski definition) is 11. The third kappa shape index (κ3) is 5.41. The fraction of sp³-hybridized carbons (Fsp3) is 1.00. The van der Waals surface area contributed by atoms with Crippen LogP contribution in [0, 0.1) is 0 Å². The van der Waals surface area contributed by atoms with Crippen molar-refractivity contribution in [1.82, 2.24) is 5.32 Å². The number of nitrogens with one attached hydrogen (secondary N) is 1. The minimum Gasteiger partial charge on any atom is -0.386 e. The van der Waals surface area contributed by atoms with Crippen LogP contribution in [-0.2, 0) is 18.9 Å². The van der Waals surface area contributed by atoms with Gasteiger partial charge in [0.05, 0.1) is 24.8 Å². The predicted molar refractivity (Wildman–Crippen MR) is 114 cm³/mol. The Bertz CT molecular complexity index is 619. The third-order valence-corrected chi connectivity index (χ3v) is 6.77. The summed E-state index contributed by atoms with van der Waals surface area (Å²) >= 11 is 0. The summed E-state index contributed by atoms with van der Waals surface area (Å²) in [6, 6.07) is -2.85. The molecule has 11 nitrogen and oxygen atoms in total. The molecule has 32 heavy (non-hydrogen) atoms. The number of aliphatic hydroxyl groups is 2. The van der Waals surface area contributed by atoms with Crippen LogP contribution >= 0.6 is 0 Å². The fourth-order valence-corrected chi connectivity index (χ4v) is 4.82. The molecule has 2 aliphatic heterocycles. The van der Waals surface area contributed by atoms with E-state index in [2.05, 4.69) is 5.32 Å². The largest absolute Gasteiger partial charge is 0.386 e. The Balaban J connectivity index is 1.69. The molecule has 188 valence electrons. The summed E-state index contributed by atoms with van der Waals surface area (Å²) in [5.74, 6) is 0. The van der Waals surface area contributed by atoms with E-state index in [1.54, 1.807) is 7.05 Å². The van der Waals surface area contributed by atoms with E-state index < -0.39 is 66.8 Å². The van der Waals surface area contributed by atoms with Crippen molar-refractivity contribution in [3.8, 4) is 0 Å². The van der Waals surface area contributed by atoms with Gasteiger partial charge in [-0.1, -0.05) is 0 Å². The highest BCUT2D eigenvalue weighted by atomic mass is 19.1. The van der Waals surface area contributed by atoms with Gasteiger partial charge in [0.25, 0.3) is 0 Å². The van der Waals surface area contributed by atoms with Gasteiger partial charge in [-0.3, -0.25) is 0 Å². The Kier molecular flexibility index (Phi) is 8.48.